The predicted octanol–water partition coefficient (Wildman–Crippen LogP) is 1.77. The van der Waals surface area contributed by atoms with Crippen LogP contribution in [0.15, 0.2) is 0 Å². The molecule has 2 atom stereocenters. The third-order valence-electron chi connectivity index (χ3n) is 1.23. The molecule has 0 spiro atoms. The molecule has 1 N–H and O–H groups in total. The Balaban J connectivity index is 3.29. The molecule has 0 bridgehead atoms. The molecule has 2 unspecified atom stereocenters. The number of aliphatic hydroxyl groups excluding tert-OH is 1. The monoisotopic (exact) mass is 136 g/mol. The van der Waals surface area contributed by atoms with Crippen molar-refractivity contribution < 1.29 is 5.11 Å². The number of alkyl halides is 1. The molecule has 0 aliphatic rings. The van der Waals surface area contributed by atoms with Gasteiger partial charge in [-0.3, -0.25) is 0 Å². The van der Waals surface area contributed by atoms with Crippen molar-refractivity contribution in [1.82, 2.24) is 0 Å². The van der Waals surface area contributed by atoms with Crippen LogP contribution in [0.3, 0.4) is 0 Å². The lowest BCUT2D eigenvalue weighted by atomic mass is 10.1. The summed E-state index contributed by atoms with van der Waals surface area (Å²) in [5.41, 5.74) is 0. The highest BCUT2D eigenvalue weighted by Crippen LogP contribution is 2.08. The second-order valence-corrected chi connectivity index (χ2v) is 2.46. The molecule has 0 fully saturated rings. The van der Waals surface area contributed by atoms with Gasteiger partial charge in [-0.1, -0.05) is 13.8 Å². The molecule has 1 nitrogen and oxygen atoms in total. The van der Waals surface area contributed by atoms with Crippen LogP contribution in [-0.4, -0.2) is 16.6 Å². The molecule has 0 saturated carbocycles. The van der Waals surface area contributed by atoms with E-state index in [1.807, 2.05) is 13.8 Å². The van der Waals surface area contributed by atoms with Crippen LogP contribution in [-0.2, 0) is 0 Å². The molecule has 0 rings (SSSR count). The zero-order valence-corrected chi connectivity index (χ0v) is 6.15. The maximum absolute atomic E-state index is 8.99. The SMILES string of the molecule is CCC(O)C(Cl)CC. The van der Waals surface area contributed by atoms with E-state index in [0.717, 1.165) is 12.8 Å². The van der Waals surface area contributed by atoms with Crippen molar-refractivity contribution in [2.45, 2.75) is 38.2 Å². The minimum atomic E-state index is -0.318. The van der Waals surface area contributed by atoms with Crippen LogP contribution in [0.5, 0.6) is 0 Å². The lowest BCUT2D eigenvalue weighted by Crippen LogP contribution is -2.18. The number of aliphatic hydroxyl groups is 1. The van der Waals surface area contributed by atoms with Gasteiger partial charge in [-0.25, -0.2) is 0 Å². The molecule has 8 heavy (non-hydrogen) atoms. The van der Waals surface area contributed by atoms with E-state index in [-0.39, 0.29) is 11.5 Å². The minimum absolute atomic E-state index is 0.0556. The summed E-state index contributed by atoms with van der Waals surface area (Å²) >= 11 is 5.67. The summed E-state index contributed by atoms with van der Waals surface area (Å²) in [6, 6.07) is 0. The summed E-state index contributed by atoms with van der Waals surface area (Å²) in [7, 11) is 0. The Morgan fingerprint density at radius 3 is 2.00 bits per heavy atom. The van der Waals surface area contributed by atoms with Gasteiger partial charge in [0.05, 0.1) is 11.5 Å². The predicted molar refractivity (Wildman–Crippen MR) is 36.2 cm³/mol. The van der Waals surface area contributed by atoms with E-state index in [1.165, 1.54) is 0 Å². The van der Waals surface area contributed by atoms with E-state index in [2.05, 4.69) is 0 Å². The highest BCUT2D eigenvalue weighted by molar-refractivity contribution is 6.20. The first kappa shape index (κ1) is 8.25. The molecule has 0 saturated heterocycles. The topological polar surface area (TPSA) is 20.2 Å². The Bertz CT molecular complexity index is 48.5. The van der Waals surface area contributed by atoms with E-state index in [4.69, 9.17) is 16.7 Å². The highest BCUT2D eigenvalue weighted by atomic mass is 35.5. The average Bonchev–Trinajstić information content (AvgIpc) is 1.84. The van der Waals surface area contributed by atoms with Gasteiger partial charge < -0.3 is 5.11 Å². The number of rotatable bonds is 3. The number of hydrogen-bond acceptors (Lipinski definition) is 1. The zero-order valence-electron chi connectivity index (χ0n) is 5.39. The van der Waals surface area contributed by atoms with Crippen molar-refractivity contribution in [1.29, 1.82) is 0 Å². The van der Waals surface area contributed by atoms with Crippen molar-refractivity contribution in [2.24, 2.45) is 0 Å². The number of hydrogen-bond donors (Lipinski definition) is 1. The van der Waals surface area contributed by atoms with Gasteiger partial charge in [0.15, 0.2) is 0 Å². The van der Waals surface area contributed by atoms with Gasteiger partial charge in [0, 0.05) is 0 Å². The first-order valence-corrected chi connectivity index (χ1v) is 3.48. The third kappa shape index (κ3) is 2.53. The second-order valence-electron chi connectivity index (χ2n) is 1.90. The lowest BCUT2D eigenvalue weighted by Gasteiger charge is -2.11. The molecule has 0 aromatic heterocycles. The zero-order chi connectivity index (χ0) is 6.57. The third-order valence-corrected chi connectivity index (χ3v) is 1.83. The van der Waals surface area contributed by atoms with Crippen molar-refractivity contribution >= 4 is 11.6 Å². The fraction of sp³-hybridized carbons (Fsp3) is 1.00. The summed E-state index contributed by atoms with van der Waals surface area (Å²) in [5, 5.41) is 8.94. The summed E-state index contributed by atoms with van der Waals surface area (Å²) in [6.45, 7) is 3.90. The van der Waals surface area contributed by atoms with Gasteiger partial charge in [0.25, 0.3) is 0 Å². The molecule has 0 aliphatic heterocycles. The molecular weight excluding hydrogens is 124 g/mol. The normalized spacial score (nSPS) is 18.0. The van der Waals surface area contributed by atoms with Crippen LogP contribution in [0.25, 0.3) is 0 Å². The van der Waals surface area contributed by atoms with Crippen LogP contribution >= 0.6 is 11.6 Å². The molecular formula is C6H13ClO. The molecule has 0 aromatic rings. The summed E-state index contributed by atoms with van der Waals surface area (Å²) < 4.78 is 0. The van der Waals surface area contributed by atoms with Crippen molar-refractivity contribution in [3.63, 3.8) is 0 Å². The minimum Gasteiger partial charge on any atom is -0.392 e. The molecule has 0 aromatic carbocycles. The largest absolute Gasteiger partial charge is 0.392 e. The summed E-state index contributed by atoms with van der Waals surface area (Å²) in [4.78, 5) is 0. The number of halogens is 1. The van der Waals surface area contributed by atoms with E-state index >= 15 is 0 Å². The van der Waals surface area contributed by atoms with Crippen molar-refractivity contribution in [3.8, 4) is 0 Å². The van der Waals surface area contributed by atoms with Crippen molar-refractivity contribution in [2.75, 3.05) is 0 Å². The molecule has 50 valence electrons. The molecule has 0 heterocycles. The van der Waals surface area contributed by atoms with Crippen molar-refractivity contribution in [3.05, 3.63) is 0 Å². The van der Waals surface area contributed by atoms with Crippen LogP contribution < -0.4 is 0 Å². The van der Waals surface area contributed by atoms with Crippen LogP contribution in [0.2, 0.25) is 0 Å². The van der Waals surface area contributed by atoms with Crippen LogP contribution in [0.1, 0.15) is 26.7 Å². The second kappa shape index (κ2) is 4.16. The van der Waals surface area contributed by atoms with Gasteiger partial charge >= 0.3 is 0 Å². The Morgan fingerprint density at radius 1 is 1.38 bits per heavy atom. The summed E-state index contributed by atoms with van der Waals surface area (Å²) in [5.74, 6) is 0. The van der Waals surface area contributed by atoms with Gasteiger partial charge in [0.1, 0.15) is 0 Å². The molecule has 0 amide bonds. The Morgan fingerprint density at radius 2 is 1.88 bits per heavy atom. The molecule has 2 heteroatoms. The standard InChI is InChI=1S/C6H13ClO/c1-3-5(7)6(8)4-2/h5-6,8H,3-4H2,1-2H3. The van der Waals surface area contributed by atoms with E-state index in [1.54, 1.807) is 0 Å². The maximum atomic E-state index is 8.99. The van der Waals surface area contributed by atoms with Gasteiger partial charge in [0.2, 0.25) is 0 Å². The first-order valence-electron chi connectivity index (χ1n) is 3.04. The van der Waals surface area contributed by atoms with Crippen LogP contribution in [0.4, 0.5) is 0 Å². The molecule has 0 radical (unpaired) electrons. The van der Waals surface area contributed by atoms with Crippen LogP contribution in [0, 0.1) is 0 Å². The van der Waals surface area contributed by atoms with Gasteiger partial charge in [-0.05, 0) is 12.8 Å². The van der Waals surface area contributed by atoms with Gasteiger partial charge in [-0.2, -0.15) is 0 Å². The van der Waals surface area contributed by atoms with E-state index < -0.39 is 0 Å². The average molecular weight is 137 g/mol. The lowest BCUT2D eigenvalue weighted by molar-refractivity contribution is 0.163. The Labute approximate surface area is 55.7 Å². The fourth-order valence-corrected chi connectivity index (χ4v) is 0.706. The fourth-order valence-electron chi connectivity index (χ4n) is 0.528. The van der Waals surface area contributed by atoms with Gasteiger partial charge in [-0.15, -0.1) is 11.6 Å². The maximum Gasteiger partial charge on any atom is 0.0701 e. The Kier molecular flexibility index (Phi) is 4.29. The Hall–Kier alpha value is 0.250. The van der Waals surface area contributed by atoms with E-state index in [9.17, 15) is 0 Å². The van der Waals surface area contributed by atoms with E-state index in [0.29, 0.717) is 0 Å². The quantitative estimate of drug-likeness (QED) is 0.587. The highest BCUT2D eigenvalue weighted by Gasteiger charge is 2.10. The summed E-state index contributed by atoms with van der Waals surface area (Å²) in [6.07, 6.45) is 1.28. The smallest absolute Gasteiger partial charge is 0.0701 e. The first-order chi connectivity index (χ1) is 3.72. The molecule has 0 aliphatic carbocycles.